The summed E-state index contributed by atoms with van der Waals surface area (Å²) in [5, 5.41) is 13.2. The van der Waals surface area contributed by atoms with Gasteiger partial charge in [-0.25, -0.2) is 4.98 Å². The highest BCUT2D eigenvalue weighted by atomic mass is 32.1. The number of aromatic nitrogens is 1. The number of rotatable bonds is 7. The summed E-state index contributed by atoms with van der Waals surface area (Å²) in [5.41, 5.74) is 0.672. The van der Waals surface area contributed by atoms with Gasteiger partial charge in [-0.05, 0) is 11.4 Å². The molecule has 7 nitrogen and oxygen atoms in total. The van der Waals surface area contributed by atoms with Crippen LogP contribution in [-0.2, 0) is 11.2 Å². The van der Waals surface area contributed by atoms with Crippen LogP contribution in [0.4, 0.5) is 5.13 Å². The van der Waals surface area contributed by atoms with Gasteiger partial charge in [-0.2, -0.15) is 0 Å². The van der Waals surface area contributed by atoms with Crippen LogP contribution in [0, 0.1) is 0 Å². The number of carbonyl (C=O) groups is 2. The quantitative estimate of drug-likeness (QED) is 0.669. The predicted octanol–water partition coefficient (Wildman–Crippen LogP) is 1.02. The minimum absolute atomic E-state index is 0.0448. The molecule has 2 amide bonds. The Balaban J connectivity index is 1.39. The zero-order valence-electron chi connectivity index (χ0n) is 13.8. The molecule has 25 heavy (non-hydrogen) atoms. The lowest BCUT2D eigenvalue weighted by Crippen LogP contribution is -2.46. The van der Waals surface area contributed by atoms with Crippen molar-refractivity contribution in [2.24, 2.45) is 0 Å². The first-order valence-electron chi connectivity index (χ1n) is 8.20. The van der Waals surface area contributed by atoms with E-state index in [1.165, 1.54) is 22.7 Å². The summed E-state index contributed by atoms with van der Waals surface area (Å²) in [5.74, 6) is -0.215. The lowest BCUT2D eigenvalue weighted by Gasteiger charge is -2.27. The van der Waals surface area contributed by atoms with E-state index in [4.69, 9.17) is 0 Å². The van der Waals surface area contributed by atoms with E-state index in [0.717, 1.165) is 32.7 Å². The van der Waals surface area contributed by atoms with Gasteiger partial charge in [0.1, 0.15) is 0 Å². The number of anilines is 1. The van der Waals surface area contributed by atoms with Gasteiger partial charge in [0.15, 0.2) is 5.13 Å². The third-order valence-corrected chi connectivity index (χ3v) is 5.49. The molecule has 0 radical (unpaired) electrons. The van der Waals surface area contributed by atoms with Crippen LogP contribution in [0.1, 0.15) is 15.4 Å². The maximum atomic E-state index is 12.0. The minimum atomic E-state index is -0.170. The second-order valence-corrected chi connectivity index (χ2v) is 7.50. The molecule has 3 rings (SSSR count). The van der Waals surface area contributed by atoms with Crippen molar-refractivity contribution in [2.75, 3.05) is 44.6 Å². The number of piperazine rings is 1. The van der Waals surface area contributed by atoms with Gasteiger partial charge in [0.2, 0.25) is 5.91 Å². The molecule has 0 bridgehead atoms. The fourth-order valence-corrected chi connectivity index (χ4v) is 3.85. The van der Waals surface area contributed by atoms with Crippen molar-refractivity contribution in [3.05, 3.63) is 33.5 Å². The molecule has 0 saturated carbocycles. The second-order valence-electron chi connectivity index (χ2n) is 5.69. The second kappa shape index (κ2) is 9.04. The van der Waals surface area contributed by atoms with Gasteiger partial charge < -0.3 is 10.6 Å². The molecule has 1 saturated heterocycles. The van der Waals surface area contributed by atoms with Crippen LogP contribution in [0.3, 0.4) is 0 Å². The van der Waals surface area contributed by atoms with Crippen molar-refractivity contribution in [3.8, 4) is 0 Å². The van der Waals surface area contributed by atoms with Gasteiger partial charge in [-0.15, -0.1) is 22.7 Å². The molecule has 2 aromatic heterocycles. The summed E-state index contributed by atoms with van der Waals surface area (Å²) in [7, 11) is 0. The van der Waals surface area contributed by atoms with Crippen molar-refractivity contribution >= 4 is 39.6 Å². The Hall–Kier alpha value is -1.81. The Labute approximate surface area is 154 Å². The van der Waals surface area contributed by atoms with Gasteiger partial charge in [-0.1, -0.05) is 6.07 Å². The Morgan fingerprint density at radius 1 is 1.28 bits per heavy atom. The maximum absolute atomic E-state index is 12.0. The van der Waals surface area contributed by atoms with Crippen molar-refractivity contribution in [1.82, 2.24) is 20.5 Å². The lowest BCUT2D eigenvalue weighted by atomic mass is 10.3. The summed E-state index contributed by atoms with van der Waals surface area (Å²) in [6, 6.07) is 3.60. The summed E-state index contributed by atoms with van der Waals surface area (Å²) < 4.78 is 0. The molecule has 3 heterocycles. The van der Waals surface area contributed by atoms with E-state index in [9.17, 15) is 9.59 Å². The molecule has 2 aromatic rings. The van der Waals surface area contributed by atoms with E-state index in [2.05, 4.69) is 25.8 Å². The summed E-state index contributed by atoms with van der Waals surface area (Å²) in [6.07, 6.45) is 0.229. The van der Waals surface area contributed by atoms with E-state index >= 15 is 0 Å². The molecule has 1 aliphatic heterocycles. The number of nitrogens with one attached hydrogen (secondary N) is 3. The van der Waals surface area contributed by atoms with E-state index in [1.807, 2.05) is 11.4 Å². The Morgan fingerprint density at radius 3 is 2.88 bits per heavy atom. The number of hydrogen-bond donors (Lipinski definition) is 3. The van der Waals surface area contributed by atoms with Gasteiger partial charge >= 0.3 is 0 Å². The van der Waals surface area contributed by atoms with Gasteiger partial charge in [-0.3, -0.25) is 19.8 Å². The standard InChI is InChI=1S/C16H21N5O2S2/c22-14(18-5-8-21-6-3-17-4-7-21)10-12-11-25-16(19-12)20-15(23)13-2-1-9-24-13/h1-2,9,11,17H,3-8,10H2,(H,18,22)(H,19,20,23). The van der Waals surface area contributed by atoms with Crippen molar-refractivity contribution in [1.29, 1.82) is 0 Å². The van der Waals surface area contributed by atoms with Crippen LogP contribution in [0.15, 0.2) is 22.9 Å². The first-order valence-corrected chi connectivity index (χ1v) is 9.95. The van der Waals surface area contributed by atoms with Crippen LogP contribution >= 0.6 is 22.7 Å². The molecule has 134 valence electrons. The molecule has 1 aliphatic rings. The average Bonchev–Trinajstić information content (AvgIpc) is 3.28. The minimum Gasteiger partial charge on any atom is -0.354 e. The zero-order chi connectivity index (χ0) is 17.5. The molecule has 0 aromatic carbocycles. The summed E-state index contributed by atoms with van der Waals surface area (Å²) in [6.45, 7) is 5.57. The van der Waals surface area contributed by atoms with Crippen molar-refractivity contribution < 1.29 is 9.59 Å². The molecular weight excluding hydrogens is 358 g/mol. The largest absolute Gasteiger partial charge is 0.354 e. The van der Waals surface area contributed by atoms with Gasteiger partial charge in [0.25, 0.3) is 5.91 Å². The van der Waals surface area contributed by atoms with Crippen LogP contribution in [0.25, 0.3) is 0 Å². The summed E-state index contributed by atoms with van der Waals surface area (Å²) in [4.78, 5) is 31.3. The number of hydrogen-bond acceptors (Lipinski definition) is 7. The topological polar surface area (TPSA) is 86.4 Å². The Morgan fingerprint density at radius 2 is 2.12 bits per heavy atom. The third-order valence-electron chi connectivity index (χ3n) is 3.82. The number of carbonyl (C=O) groups excluding carboxylic acids is 2. The normalized spacial score (nSPS) is 15.0. The van der Waals surface area contributed by atoms with Crippen LogP contribution in [0.5, 0.6) is 0 Å². The summed E-state index contributed by atoms with van der Waals surface area (Å²) >= 11 is 2.71. The molecule has 0 unspecified atom stereocenters. The van der Waals surface area contributed by atoms with Crippen LogP contribution in [-0.4, -0.2) is 61.0 Å². The van der Waals surface area contributed by atoms with E-state index in [0.29, 0.717) is 22.2 Å². The first-order chi connectivity index (χ1) is 12.2. The molecule has 0 atom stereocenters. The number of thiazole rings is 1. The lowest BCUT2D eigenvalue weighted by molar-refractivity contribution is -0.120. The SMILES string of the molecule is O=C(Cc1csc(NC(=O)c2cccs2)n1)NCCN1CCNCC1. The highest BCUT2D eigenvalue weighted by Crippen LogP contribution is 2.18. The Kier molecular flexibility index (Phi) is 6.51. The average molecular weight is 380 g/mol. The van der Waals surface area contributed by atoms with Crippen LogP contribution in [0.2, 0.25) is 0 Å². The first kappa shape index (κ1) is 18.0. The molecule has 9 heteroatoms. The smallest absolute Gasteiger partial charge is 0.267 e. The third kappa shape index (κ3) is 5.60. The van der Waals surface area contributed by atoms with E-state index in [-0.39, 0.29) is 18.2 Å². The molecular formula is C16H21N5O2S2. The molecule has 1 fully saturated rings. The van der Waals surface area contributed by atoms with Gasteiger partial charge in [0, 0.05) is 44.6 Å². The van der Waals surface area contributed by atoms with Crippen molar-refractivity contribution in [3.63, 3.8) is 0 Å². The fourth-order valence-electron chi connectivity index (χ4n) is 2.53. The van der Waals surface area contributed by atoms with Crippen molar-refractivity contribution in [2.45, 2.75) is 6.42 Å². The highest BCUT2D eigenvalue weighted by Gasteiger charge is 2.13. The Bertz CT molecular complexity index is 695. The predicted molar refractivity (Wildman–Crippen MR) is 100 cm³/mol. The van der Waals surface area contributed by atoms with Crippen LogP contribution < -0.4 is 16.0 Å². The number of amides is 2. The number of nitrogens with zero attached hydrogens (tertiary/aromatic N) is 2. The molecule has 3 N–H and O–H groups in total. The highest BCUT2D eigenvalue weighted by molar-refractivity contribution is 7.14. The fraction of sp³-hybridized carbons (Fsp3) is 0.438. The number of thiophene rings is 1. The zero-order valence-corrected chi connectivity index (χ0v) is 15.4. The van der Waals surface area contributed by atoms with E-state index < -0.39 is 0 Å². The maximum Gasteiger partial charge on any atom is 0.267 e. The molecule has 0 aliphatic carbocycles. The monoisotopic (exact) mass is 379 g/mol. The molecule has 0 spiro atoms. The van der Waals surface area contributed by atoms with E-state index in [1.54, 1.807) is 11.4 Å². The van der Waals surface area contributed by atoms with Gasteiger partial charge in [0.05, 0.1) is 17.0 Å².